The zero-order valence-electron chi connectivity index (χ0n) is 25.7. The van der Waals surface area contributed by atoms with Crippen molar-refractivity contribution < 1.29 is 43.5 Å². The van der Waals surface area contributed by atoms with E-state index in [1.165, 1.54) is 33.2 Å². The highest BCUT2D eigenvalue weighted by atomic mass is 16.5. The van der Waals surface area contributed by atoms with E-state index in [1.807, 2.05) is 19.9 Å². The number of phenolic OH excluding ortho intramolecular Hbond substituents is 2. The number of piperazine rings is 1. The summed E-state index contributed by atoms with van der Waals surface area (Å²) in [5.74, 6) is -1.55. The third kappa shape index (κ3) is 4.01. The number of hydrogen-bond donors (Lipinski definition) is 2. The largest absolute Gasteiger partial charge is 0.507 e. The molecule has 228 valence electrons. The Morgan fingerprint density at radius 2 is 1.53 bits per heavy atom. The van der Waals surface area contributed by atoms with Crippen molar-refractivity contribution in [2.24, 2.45) is 0 Å². The molecule has 1 amide bonds. The fourth-order valence-electron chi connectivity index (χ4n) is 6.57. The number of ketones is 1. The predicted molar refractivity (Wildman–Crippen MR) is 157 cm³/mol. The Morgan fingerprint density at radius 3 is 2.12 bits per heavy atom. The molecule has 11 heteroatoms. The first kappa shape index (κ1) is 30.0. The van der Waals surface area contributed by atoms with Gasteiger partial charge in [0.05, 0.1) is 32.9 Å². The van der Waals surface area contributed by atoms with Crippen molar-refractivity contribution >= 4 is 23.7 Å². The number of likely N-dealkylation sites (N-methyl/N-ethyl adjacent to an activating group) is 1. The number of carbonyl (C=O) groups excluding carboxylic acids is 3. The predicted octanol–water partition coefficient (Wildman–Crippen LogP) is 4.03. The molecular formula is C32H36N2O9. The number of ether oxygens (including phenoxy) is 4. The minimum Gasteiger partial charge on any atom is -0.507 e. The van der Waals surface area contributed by atoms with Crippen LogP contribution in [0, 0.1) is 20.8 Å². The topological polar surface area (TPSA) is 135 Å². The molecule has 1 saturated heterocycles. The zero-order chi connectivity index (χ0) is 31.7. The lowest BCUT2D eigenvalue weighted by Crippen LogP contribution is -2.62. The van der Waals surface area contributed by atoms with E-state index in [2.05, 4.69) is 0 Å². The molecule has 0 saturated carbocycles. The van der Waals surface area contributed by atoms with Gasteiger partial charge in [0.15, 0.2) is 34.8 Å². The molecule has 3 aliphatic rings. The zero-order valence-corrected chi connectivity index (χ0v) is 25.7. The molecule has 0 spiro atoms. The lowest BCUT2D eigenvalue weighted by Gasteiger charge is -2.52. The summed E-state index contributed by atoms with van der Waals surface area (Å²) in [5, 5.41) is 22.6. The van der Waals surface area contributed by atoms with Crippen LogP contribution in [0.15, 0.2) is 17.3 Å². The molecule has 3 atom stereocenters. The number of allylic oxidation sites excluding steroid dienone is 1. The third-order valence-corrected chi connectivity index (χ3v) is 9.01. The van der Waals surface area contributed by atoms with Gasteiger partial charge in [-0.05, 0) is 64.4 Å². The summed E-state index contributed by atoms with van der Waals surface area (Å²) in [5.41, 5.74) is 3.98. The van der Waals surface area contributed by atoms with Crippen LogP contribution in [-0.4, -0.2) is 78.7 Å². The molecular weight excluding hydrogens is 556 g/mol. The average Bonchev–Trinajstić information content (AvgIpc) is 2.98. The van der Waals surface area contributed by atoms with Gasteiger partial charge in [-0.3, -0.25) is 14.5 Å². The smallest absolute Gasteiger partial charge is 0.333 e. The van der Waals surface area contributed by atoms with Gasteiger partial charge in [0, 0.05) is 28.0 Å². The standard InChI is InChI=1S/C32H36N2O9/c1-10-13(2)32(39)43-12-19-20-17(14(3)15(4)29(41-8)30(20)42-9)11-18-23-21-22(25(35)16(5)28(40-7)27(21)37)26(36)24(33(23)6)31(38)34(18)19/h10-11,19,23-24,35,37H,12H2,1-9H3/b13-10-/t19-,23?,24?/m0/s1. The van der Waals surface area contributed by atoms with Gasteiger partial charge in [0.25, 0.3) is 5.91 Å². The number of rotatable bonds is 6. The van der Waals surface area contributed by atoms with Gasteiger partial charge < -0.3 is 34.1 Å². The van der Waals surface area contributed by atoms with Gasteiger partial charge in [0.2, 0.25) is 0 Å². The molecule has 2 aromatic rings. The van der Waals surface area contributed by atoms with Crippen LogP contribution in [0.4, 0.5) is 0 Å². The summed E-state index contributed by atoms with van der Waals surface area (Å²) in [6.45, 7) is 8.45. The van der Waals surface area contributed by atoms with Crippen LogP contribution in [0.2, 0.25) is 0 Å². The molecule has 5 rings (SSSR count). The number of esters is 1. The Balaban J connectivity index is 1.85. The maximum absolute atomic E-state index is 14.4. The lowest BCUT2D eigenvalue weighted by atomic mass is 9.76. The second kappa shape index (κ2) is 10.6. The lowest BCUT2D eigenvalue weighted by molar-refractivity contribution is -0.148. The molecule has 43 heavy (non-hydrogen) atoms. The number of benzene rings is 2. The highest BCUT2D eigenvalue weighted by molar-refractivity contribution is 6.18. The summed E-state index contributed by atoms with van der Waals surface area (Å²) in [4.78, 5) is 44.2. The van der Waals surface area contributed by atoms with Gasteiger partial charge in [-0.2, -0.15) is 0 Å². The summed E-state index contributed by atoms with van der Waals surface area (Å²) < 4.78 is 22.7. The maximum atomic E-state index is 14.4. The van der Waals surface area contributed by atoms with E-state index in [4.69, 9.17) is 18.9 Å². The summed E-state index contributed by atoms with van der Waals surface area (Å²) in [6, 6.07) is -3.06. The number of carbonyl (C=O) groups is 3. The quantitative estimate of drug-likeness (QED) is 0.219. The third-order valence-electron chi connectivity index (χ3n) is 9.01. The average molecular weight is 593 g/mol. The van der Waals surface area contributed by atoms with E-state index in [0.717, 1.165) is 16.7 Å². The molecule has 0 radical (unpaired) electrons. The van der Waals surface area contributed by atoms with Crippen molar-refractivity contribution in [1.29, 1.82) is 0 Å². The van der Waals surface area contributed by atoms with Gasteiger partial charge in [-0.25, -0.2) is 4.79 Å². The van der Waals surface area contributed by atoms with Gasteiger partial charge in [-0.1, -0.05) is 6.08 Å². The van der Waals surface area contributed by atoms with E-state index in [-0.39, 0.29) is 40.5 Å². The van der Waals surface area contributed by atoms with Gasteiger partial charge in [-0.15, -0.1) is 0 Å². The molecule has 3 aliphatic heterocycles. The maximum Gasteiger partial charge on any atom is 0.333 e. The summed E-state index contributed by atoms with van der Waals surface area (Å²) >= 11 is 0. The first-order chi connectivity index (χ1) is 20.4. The van der Waals surface area contributed by atoms with E-state index in [9.17, 15) is 24.6 Å². The second-order valence-electron chi connectivity index (χ2n) is 11.0. The van der Waals surface area contributed by atoms with Crippen LogP contribution >= 0.6 is 0 Å². The molecule has 3 heterocycles. The minimum absolute atomic E-state index is 0.0295. The van der Waals surface area contributed by atoms with Crippen molar-refractivity contribution in [3.05, 3.63) is 56.3 Å². The number of hydrogen-bond acceptors (Lipinski definition) is 10. The SMILES string of the molecule is C/C=C(/C)C(=O)OC[C@H]1c2c(c(C)c(C)c(OC)c2OC)C=C2C3c4c(O)c(OC)c(C)c(O)c4C(=O)C(C(=O)N21)N3C. The second-order valence-corrected chi connectivity index (χ2v) is 11.0. The fourth-order valence-corrected chi connectivity index (χ4v) is 6.57. The Kier molecular flexibility index (Phi) is 7.42. The van der Waals surface area contributed by atoms with Crippen LogP contribution in [0.25, 0.3) is 6.08 Å². The Labute approximate surface area is 249 Å². The molecule has 1 fully saturated rings. The van der Waals surface area contributed by atoms with Crippen molar-refractivity contribution in [2.75, 3.05) is 35.0 Å². The first-order valence-electron chi connectivity index (χ1n) is 13.9. The number of aromatic hydroxyl groups is 2. The van der Waals surface area contributed by atoms with Gasteiger partial charge >= 0.3 is 5.97 Å². The number of nitrogens with zero attached hydrogens (tertiary/aromatic N) is 2. The molecule has 11 nitrogen and oxygen atoms in total. The molecule has 0 aromatic heterocycles. The highest BCUT2D eigenvalue weighted by Gasteiger charge is 2.57. The van der Waals surface area contributed by atoms with Crippen LogP contribution < -0.4 is 14.2 Å². The van der Waals surface area contributed by atoms with Crippen LogP contribution in [0.5, 0.6) is 28.7 Å². The van der Waals surface area contributed by atoms with E-state index in [0.29, 0.717) is 28.3 Å². The number of Topliss-reactive ketones (excluding diaryl/α,β-unsaturated/α-hetero) is 1. The number of phenols is 2. The number of fused-ring (bicyclic) bond motifs is 7. The Bertz CT molecular complexity index is 1660. The van der Waals surface area contributed by atoms with E-state index in [1.54, 1.807) is 31.9 Å². The molecule has 2 aromatic carbocycles. The normalized spacial score (nSPS) is 21.0. The van der Waals surface area contributed by atoms with Crippen LogP contribution in [0.1, 0.15) is 69.7 Å². The molecule has 2 bridgehead atoms. The summed E-state index contributed by atoms with van der Waals surface area (Å²) in [7, 11) is 6.01. The monoisotopic (exact) mass is 592 g/mol. The first-order valence-corrected chi connectivity index (χ1v) is 13.9. The molecule has 0 aliphatic carbocycles. The van der Waals surface area contributed by atoms with Crippen molar-refractivity contribution in [3.63, 3.8) is 0 Å². The number of amides is 1. The Hall–Kier alpha value is -4.51. The summed E-state index contributed by atoms with van der Waals surface area (Å²) in [6.07, 6.45) is 3.46. The van der Waals surface area contributed by atoms with Crippen LogP contribution in [-0.2, 0) is 14.3 Å². The Morgan fingerprint density at radius 1 is 0.907 bits per heavy atom. The van der Waals surface area contributed by atoms with Crippen molar-refractivity contribution in [1.82, 2.24) is 9.80 Å². The fraction of sp³-hybridized carbons (Fsp3) is 0.406. The van der Waals surface area contributed by atoms with Gasteiger partial charge in [0.1, 0.15) is 18.4 Å². The van der Waals surface area contributed by atoms with Crippen molar-refractivity contribution in [2.45, 2.75) is 52.7 Å². The van der Waals surface area contributed by atoms with E-state index >= 15 is 0 Å². The van der Waals surface area contributed by atoms with Crippen molar-refractivity contribution in [3.8, 4) is 28.7 Å². The van der Waals surface area contributed by atoms with E-state index < -0.39 is 35.8 Å². The molecule has 2 N–H and O–H groups in total. The minimum atomic E-state index is -1.32. The van der Waals surface area contributed by atoms with Crippen LogP contribution in [0.3, 0.4) is 0 Å². The molecule has 2 unspecified atom stereocenters. The number of methoxy groups -OCH3 is 3. The highest BCUT2D eigenvalue weighted by Crippen LogP contribution is 2.57.